The Morgan fingerprint density at radius 1 is 1.41 bits per heavy atom. The molecule has 0 radical (unpaired) electrons. The molecule has 6 nitrogen and oxygen atoms in total. The van der Waals surface area contributed by atoms with Crippen molar-refractivity contribution in [3.63, 3.8) is 0 Å². The lowest BCUT2D eigenvalue weighted by atomic mass is 9.89. The molecule has 1 amide bonds. The van der Waals surface area contributed by atoms with Crippen LogP contribution in [0.5, 0.6) is 0 Å². The molecule has 1 aliphatic rings. The summed E-state index contributed by atoms with van der Waals surface area (Å²) in [6.45, 7) is 3.70. The molecule has 0 spiro atoms. The van der Waals surface area contributed by atoms with Gasteiger partial charge in [0.05, 0.1) is 11.4 Å². The van der Waals surface area contributed by atoms with E-state index in [1.54, 1.807) is 13.0 Å². The first-order chi connectivity index (χ1) is 10.4. The van der Waals surface area contributed by atoms with Crippen molar-refractivity contribution in [3.8, 4) is 0 Å². The summed E-state index contributed by atoms with van der Waals surface area (Å²) in [6.07, 6.45) is 5.87. The lowest BCUT2D eigenvalue weighted by Crippen LogP contribution is -2.40. The third-order valence-corrected chi connectivity index (χ3v) is 6.21. The SMILES string of the molecule is Cc1cc(CS(=O)(=O)[C@@H](C)C(=O)NCC2CCCCC2)no1. The summed E-state index contributed by atoms with van der Waals surface area (Å²) in [6, 6.07) is 1.57. The van der Waals surface area contributed by atoms with E-state index in [4.69, 9.17) is 4.52 Å². The van der Waals surface area contributed by atoms with Gasteiger partial charge in [0.25, 0.3) is 0 Å². The first-order valence-electron chi connectivity index (χ1n) is 7.80. The Labute approximate surface area is 131 Å². The Kier molecular flexibility index (Phi) is 5.61. The molecule has 22 heavy (non-hydrogen) atoms. The highest BCUT2D eigenvalue weighted by Crippen LogP contribution is 2.22. The number of hydrogen-bond acceptors (Lipinski definition) is 5. The molecule has 1 aliphatic carbocycles. The predicted octanol–water partition coefficient (Wildman–Crippen LogP) is 1.98. The fraction of sp³-hybridized carbons (Fsp3) is 0.733. The van der Waals surface area contributed by atoms with E-state index in [9.17, 15) is 13.2 Å². The monoisotopic (exact) mass is 328 g/mol. The van der Waals surface area contributed by atoms with E-state index in [1.807, 2.05) is 0 Å². The molecule has 1 aromatic heterocycles. The first-order valence-corrected chi connectivity index (χ1v) is 9.51. The maximum atomic E-state index is 12.3. The van der Waals surface area contributed by atoms with Gasteiger partial charge in [-0.05, 0) is 32.6 Å². The van der Waals surface area contributed by atoms with Crippen molar-refractivity contribution in [1.82, 2.24) is 10.5 Å². The maximum Gasteiger partial charge on any atom is 0.238 e. The second kappa shape index (κ2) is 7.26. The molecule has 1 N–H and O–H groups in total. The van der Waals surface area contributed by atoms with E-state index in [0.717, 1.165) is 12.8 Å². The molecule has 1 fully saturated rings. The van der Waals surface area contributed by atoms with Gasteiger partial charge < -0.3 is 9.84 Å². The van der Waals surface area contributed by atoms with Crippen molar-refractivity contribution in [2.45, 2.75) is 57.0 Å². The molecule has 0 bridgehead atoms. The van der Waals surface area contributed by atoms with E-state index in [2.05, 4.69) is 10.5 Å². The first kappa shape index (κ1) is 17.0. The van der Waals surface area contributed by atoms with E-state index in [-0.39, 0.29) is 5.75 Å². The smallest absolute Gasteiger partial charge is 0.238 e. The fourth-order valence-electron chi connectivity index (χ4n) is 2.76. The summed E-state index contributed by atoms with van der Waals surface area (Å²) >= 11 is 0. The molecule has 0 unspecified atom stereocenters. The van der Waals surface area contributed by atoms with Crippen LogP contribution in [-0.2, 0) is 20.4 Å². The molecule has 0 saturated heterocycles. The molecular weight excluding hydrogens is 304 g/mol. The van der Waals surface area contributed by atoms with E-state index < -0.39 is 21.0 Å². The Morgan fingerprint density at radius 2 is 2.09 bits per heavy atom. The minimum Gasteiger partial charge on any atom is -0.361 e. The summed E-state index contributed by atoms with van der Waals surface area (Å²) < 4.78 is 29.4. The normalized spacial score (nSPS) is 18.1. The summed E-state index contributed by atoms with van der Waals surface area (Å²) in [5.74, 6) is 0.332. The lowest BCUT2D eigenvalue weighted by Gasteiger charge is -2.22. The molecule has 1 aromatic rings. The van der Waals surface area contributed by atoms with Crippen LogP contribution in [-0.4, -0.2) is 31.3 Å². The highest BCUT2D eigenvalue weighted by molar-refractivity contribution is 7.92. The van der Waals surface area contributed by atoms with Crippen LogP contribution in [0.15, 0.2) is 10.6 Å². The van der Waals surface area contributed by atoms with Crippen molar-refractivity contribution >= 4 is 15.7 Å². The van der Waals surface area contributed by atoms with Gasteiger partial charge in [-0.3, -0.25) is 4.79 Å². The number of nitrogens with zero attached hydrogens (tertiary/aromatic N) is 1. The van der Waals surface area contributed by atoms with Gasteiger partial charge in [0.15, 0.2) is 9.84 Å². The van der Waals surface area contributed by atoms with E-state index >= 15 is 0 Å². The zero-order chi connectivity index (χ0) is 16.2. The summed E-state index contributed by atoms with van der Waals surface area (Å²) in [5.41, 5.74) is 0.337. The van der Waals surface area contributed by atoms with Gasteiger partial charge >= 0.3 is 0 Å². The molecular formula is C15H24N2O4S. The number of sulfone groups is 1. The van der Waals surface area contributed by atoms with Gasteiger partial charge in [-0.1, -0.05) is 24.4 Å². The van der Waals surface area contributed by atoms with Crippen LogP contribution in [0.2, 0.25) is 0 Å². The van der Waals surface area contributed by atoms with Crippen LogP contribution in [0.3, 0.4) is 0 Å². The minimum atomic E-state index is -3.59. The largest absolute Gasteiger partial charge is 0.361 e. The van der Waals surface area contributed by atoms with Crippen molar-refractivity contribution in [1.29, 1.82) is 0 Å². The summed E-state index contributed by atoms with van der Waals surface area (Å²) in [5, 5.41) is 5.39. The van der Waals surface area contributed by atoms with Crippen LogP contribution in [0, 0.1) is 12.8 Å². The quantitative estimate of drug-likeness (QED) is 0.862. The third kappa shape index (κ3) is 4.56. The van der Waals surface area contributed by atoms with Crippen LogP contribution < -0.4 is 5.32 Å². The van der Waals surface area contributed by atoms with Gasteiger partial charge in [0.1, 0.15) is 11.0 Å². The minimum absolute atomic E-state index is 0.275. The number of amides is 1. The summed E-state index contributed by atoms with van der Waals surface area (Å²) in [4.78, 5) is 12.1. The topological polar surface area (TPSA) is 89.3 Å². The number of rotatable bonds is 6. The van der Waals surface area contributed by atoms with Gasteiger partial charge in [-0.2, -0.15) is 0 Å². The number of carbonyl (C=O) groups is 1. The third-order valence-electron chi connectivity index (χ3n) is 4.22. The fourth-order valence-corrected chi connectivity index (χ4v) is 3.97. The average molecular weight is 328 g/mol. The van der Waals surface area contributed by atoms with Gasteiger partial charge in [0, 0.05) is 12.6 Å². The van der Waals surface area contributed by atoms with E-state index in [1.165, 1.54) is 26.2 Å². The molecule has 0 aromatic carbocycles. The second-order valence-electron chi connectivity index (χ2n) is 6.13. The van der Waals surface area contributed by atoms with Crippen LogP contribution in [0.4, 0.5) is 0 Å². The Balaban J connectivity index is 1.87. The molecule has 0 aliphatic heterocycles. The van der Waals surface area contributed by atoms with Gasteiger partial charge in [0.2, 0.25) is 5.91 Å². The van der Waals surface area contributed by atoms with Crippen LogP contribution >= 0.6 is 0 Å². The molecule has 1 heterocycles. The van der Waals surface area contributed by atoms with Crippen molar-refractivity contribution < 1.29 is 17.7 Å². The van der Waals surface area contributed by atoms with Crippen molar-refractivity contribution in [2.75, 3.05) is 6.54 Å². The number of nitrogens with one attached hydrogen (secondary N) is 1. The highest BCUT2D eigenvalue weighted by atomic mass is 32.2. The van der Waals surface area contributed by atoms with Crippen molar-refractivity contribution in [2.24, 2.45) is 5.92 Å². The summed E-state index contributed by atoms with van der Waals surface area (Å²) in [7, 11) is -3.59. The molecule has 1 atom stereocenters. The highest BCUT2D eigenvalue weighted by Gasteiger charge is 2.29. The van der Waals surface area contributed by atoms with Crippen LogP contribution in [0.1, 0.15) is 50.5 Å². The zero-order valence-corrected chi connectivity index (χ0v) is 14.0. The van der Waals surface area contributed by atoms with Gasteiger partial charge in [-0.15, -0.1) is 0 Å². The number of hydrogen-bond donors (Lipinski definition) is 1. The average Bonchev–Trinajstić information content (AvgIpc) is 2.89. The van der Waals surface area contributed by atoms with Crippen LogP contribution in [0.25, 0.3) is 0 Å². The predicted molar refractivity (Wildman–Crippen MR) is 82.9 cm³/mol. The second-order valence-corrected chi connectivity index (χ2v) is 8.45. The Hall–Kier alpha value is -1.37. The standard InChI is InChI=1S/C15H24N2O4S/c1-11-8-14(17-21-11)10-22(19,20)12(2)15(18)16-9-13-6-4-3-5-7-13/h8,12-13H,3-7,9-10H2,1-2H3,(H,16,18)/t12-/m0/s1. The molecule has 1 saturated carbocycles. The number of aromatic nitrogens is 1. The number of carbonyl (C=O) groups excluding carboxylic acids is 1. The number of aryl methyl sites for hydroxylation is 1. The van der Waals surface area contributed by atoms with Crippen molar-refractivity contribution in [3.05, 3.63) is 17.5 Å². The van der Waals surface area contributed by atoms with E-state index in [0.29, 0.717) is 23.9 Å². The van der Waals surface area contributed by atoms with Gasteiger partial charge in [-0.25, -0.2) is 8.42 Å². The maximum absolute atomic E-state index is 12.3. The Bertz CT molecular complexity index is 603. The molecule has 2 rings (SSSR count). The Morgan fingerprint density at radius 3 is 2.68 bits per heavy atom. The molecule has 7 heteroatoms. The molecule has 124 valence electrons. The zero-order valence-electron chi connectivity index (χ0n) is 13.2. The lowest BCUT2D eigenvalue weighted by molar-refractivity contribution is -0.120.